The van der Waals surface area contributed by atoms with Crippen molar-refractivity contribution in [3.8, 4) is 0 Å². The molecule has 19 heavy (non-hydrogen) atoms. The molecule has 7 heteroatoms. The molecule has 1 aromatic heterocycles. The number of carbonyl (C=O) groups is 2. The SMILES string of the molecule is CC(C)c1ncc(N)c(C(=O)NC(C)(C)C(N)=O)n1. The van der Waals surface area contributed by atoms with Gasteiger partial charge in [0.25, 0.3) is 5.91 Å². The van der Waals surface area contributed by atoms with Gasteiger partial charge in [0.1, 0.15) is 11.4 Å². The van der Waals surface area contributed by atoms with Crippen molar-refractivity contribution < 1.29 is 9.59 Å². The quantitative estimate of drug-likeness (QED) is 0.716. The first kappa shape index (κ1) is 14.9. The van der Waals surface area contributed by atoms with Gasteiger partial charge in [0, 0.05) is 5.92 Å². The lowest BCUT2D eigenvalue weighted by molar-refractivity contribution is -0.122. The molecular weight excluding hydrogens is 246 g/mol. The van der Waals surface area contributed by atoms with Crippen molar-refractivity contribution in [2.24, 2.45) is 5.73 Å². The third-order valence-electron chi connectivity index (χ3n) is 2.61. The van der Waals surface area contributed by atoms with E-state index in [0.717, 1.165) is 0 Å². The zero-order valence-electron chi connectivity index (χ0n) is 11.5. The Kier molecular flexibility index (Phi) is 4.08. The average molecular weight is 265 g/mol. The van der Waals surface area contributed by atoms with Crippen LogP contribution in [-0.2, 0) is 4.79 Å². The van der Waals surface area contributed by atoms with E-state index in [1.807, 2.05) is 13.8 Å². The van der Waals surface area contributed by atoms with Crippen LogP contribution >= 0.6 is 0 Å². The van der Waals surface area contributed by atoms with Gasteiger partial charge in [-0.2, -0.15) is 0 Å². The molecule has 0 aliphatic rings. The minimum atomic E-state index is -1.17. The van der Waals surface area contributed by atoms with Gasteiger partial charge in [0.15, 0.2) is 5.69 Å². The van der Waals surface area contributed by atoms with Crippen LogP contribution in [0.2, 0.25) is 0 Å². The topological polar surface area (TPSA) is 124 Å². The summed E-state index contributed by atoms with van der Waals surface area (Å²) in [5, 5.41) is 2.50. The molecule has 1 rings (SSSR count). The number of carbonyl (C=O) groups excluding carboxylic acids is 2. The predicted octanol–water partition coefficient (Wildman–Crippen LogP) is 0.176. The normalized spacial score (nSPS) is 11.4. The first-order chi connectivity index (χ1) is 8.65. The van der Waals surface area contributed by atoms with Crippen molar-refractivity contribution in [1.82, 2.24) is 15.3 Å². The van der Waals surface area contributed by atoms with E-state index in [1.165, 1.54) is 20.0 Å². The molecule has 1 heterocycles. The van der Waals surface area contributed by atoms with Gasteiger partial charge in [-0.15, -0.1) is 0 Å². The van der Waals surface area contributed by atoms with Crippen molar-refractivity contribution in [3.05, 3.63) is 17.7 Å². The summed E-state index contributed by atoms with van der Waals surface area (Å²) >= 11 is 0. The highest BCUT2D eigenvalue weighted by atomic mass is 16.2. The van der Waals surface area contributed by atoms with Gasteiger partial charge in [-0.05, 0) is 13.8 Å². The summed E-state index contributed by atoms with van der Waals surface area (Å²) in [6.45, 7) is 6.82. The molecule has 0 saturated carbocycles. The summed E-state index contributed by atoms with van der Waals surface area (Å²) < 4.78 is 0. The molecule has 2 amide bonds. The van der Waals surface area contributed by atoms with Crippen LogP contribution in [0.3, 0.4) is 0 Å². The molecule has 7 nitrogen and oxygen atoms in total. The fourth-order valence-corrected chi connectivity index (χ4v) is 1.27. The minimum absolute atomic E-state index is 0.0491. The van der Waals surface area contributed by atoms with Crippen molar-refractivity contribution in [2.45, 2.75) is 39.2 Å². The van der Waals surface area contributed by atoms with Gasteiger partial charge in [-0.3, -0.25) is 9.59 Å². The Morgan fingerprint density at radius 3 is 2.42 bits per heavy atom. The molecule has 0 radical (unpaired) electrons. The highest BCUT2D eigenvalue weighted by Gasteiger charge is 2.28. The number of aromatic nitrogens is 2. The Morgan fingerprint density at radius 2 is 1.95 bits per heavy atom. The summed E-state index contributed by atoms with van der Waals surface area (Å²) in [7, 11) is 0. The standard InChI is InChI=1S/C12H19N5O2/c1-6(2)9-15-5-7(13)8(16-9)10(18)17-12(3,4)11(14)19/h5-6H,13H2,1-4H3,(H2,14,19)(H,17,18). The Balaban J connectivity index is 3.06. The monoisotopic (exact) mass is 265 g/mol. The van der Waals surface area contributed by atoms with Crippen molar-refractivity contribution >= 4 is 17.5 Å². The zero-order chi connectivity index (χ0) is 14.8. The number of nitrogens with two attached hydrogens (primary N) is 2. The van der Waals surface area contributed by atoms with Gasteiger partial charge in [-0.1, -0.05) is 13.8 Å². The first-order valence-electron chi connectivity index (χ1n) is 5.90. The van der Waals surface area contributed by atoms with E-state index in [4.69, 9.17) is 11.5 Å². The summed E-state index contributed by atoms with van der Waals surface area (Å²) in [5.74, 6) is -0.615. The highest BCUT2D eigenvalue weighted by molar-refractivity contribution is 6.00. The number of nitrogens with one attached hydrogen (secondary N) is 1. The van der Waals surface area contributed by atoms with E-state index in [1.54, 1.807) is 0 Å². The van der Waals surface area contributed by atoms with E-state index in [-0.39, 0.29) is 17.3 Å². The third kappa shape index (κ3) is 3.40. The van der Waals surface area contributed by atoms with Crippen LogP contribution in [-0.4, -0.2) is 27.3 Å². The van der Waals surface area contributed by atoms with Crippen LogP contribution in [0.15, 0.2) is 6.20 Å². The number of hydrogen-bond acceptors (Lipinski definition) is 5. The van der Waals surface area contributed by atoms with Crippen LogP contribution in [0.5, 0.6) is 0 Å². The van der Waals surface area contributed by atoms with Gasteiger partial charge < -0.3 is 16.8 Å². The highest BCUT2D eigenvalue weighted by Crippen LogP contribution is 2.14. The summed E-state index contributed by atoms with van der Waals surface area (Å²) in [6, 6.07) is 0. The largest absolute Gasteiger partial charge is 0.396 e. The van der Waals surface area contributed by atoms with Gasteiger partial charge in [0.05, 0.1) is 11.9 Å². The lowest BCUT2D eigenvalue weighted by atomic mass is 10.0. The number of nitrogens with zero attached hydrogens (tertiary/aromatic N) is 2. The second-order valence-corrected chi connectivity index (χ2v) is 5.13. The maximum atomic E-state index is 12.1. The predicted molar refractivity (Wildman–Crippen MR) is 71.3 cm³/mol. The molecule has 0 unspecified atom stereocenters. The van der Waals surface area contributed by atoms with Crippen molar-refractivity contribution in [2.75, 3.05) is 5.73 Å². The van der Waals surface area contributed by atoms with E-state index in [9.17, 15) is 9.59 Å². The van der Waals surface area contributed by atoms with Gasteiger partial charge >= 0.3 is 0 Å². The molecule has 0 fully saturated rings. The lowest BCUT2D eigenvalue weighted by Crippen LogP contribution is -2.53. The van der Waals surface area contributed by atoms with E-state index in [2.05, 4.69) is 15.3 Å². The number of amides is 2. The van der Waals surface area contributed by atoms with Crippen LogP contribution in [0, 0.1) is 0 Å². The fraction of sp³-hybridized carbons (Fsp3) is 0.500. The molecule has 5 N–H and O–H groups in total. The van der Waals surface area contributed by atoms with Gasteiger partial charge in [-0.25, -0.2) is 9.97 Å². The number of primary amides is 1. The van der Waals surface area contributed by atoms with Crippen LogP contribution in [0.1, 0.15) is 49.9 Å². The first-order valence-corrected chi connectivity index (χ1v) is 5.90. The number of hydrogen-bond donors (Lipinski definition) is 3. The minimum Gasteiger partial charge on any atom is -0.396 e. The fourth-order valence-electron chi connectivity index (χ4n) is 1.27. The second-order valence-electron chi connectivity index (χ2n) is 5.13. The molecule has 1 aromatic rings. The average Bonchev–Trinajstić information content (AvgIpc) is 2.28. The van der Waals surface area contributed by atoms with Crippen LogP contribution in [0.25, 0.3) is 0 Å². The molecule has 0 aromatic carbocycles. The Hall–Kier alpha value is -2.18. The van der Waals surface area contributed by atoms with Crippen LogP contribution < -0.4 is 16.8 Å². The van der Waals surface area contributed by atoms with Crippen molar-refractivity contribution in [1.29, 1.82) is 0 Å². The number of nitrogen functional groups attached to an aromatic ring is 1. The van der Waals surface area contributed by atoms with E-state index in [0.29, 0.717) is 5.82 Å². The smallest absolute Gasteiger partial charge is 0.273 e. The zero-order valence-corrected chi connectivity index (χ0v) is 11.5. The summed E-state index contributed by atoms with van der Waals surface area (Å²) in [5.41, 5.74) is 9.91. The molecule has 0 spiro atoms. The molecule has 0 aliphatic carbocycles. The Morgan fingerprint density at radius 1 is 1.37 bits per heavy atom. The maximum Gasteiger partial charge on any atom is 0.273 e. The van der Waals surface area contributed by atoms with E-state index < -0.39 is 17.4 Å². The number of rotatable bonds is 4. The van der Waals surface area contributed by atoms with Crippen LogP contribution in [0.4, 0.5) is 5.69 Å². The summed E-state index contributed by atoms with van der Waals surface area (Å²) in [6.07, 6.45) is 1.38. The molecule has 0 atom stereocenters. The van der Waals surface area contributed by atoms with Crippen molar-refractivity contribution in [3.63, 3.8) is 0 Å². The Labute approximate surface area is 111 Å². The molecule has 104 valence electrons. The Bertz CT molecular complexity index is 511. The lowest BCUT2D eigenvalue weighted by Gasteiger charge is -2.22. The van der Waals surface area contributed by atoms with E-state index >= 15 is 0 Å². The molecule has 0 bridgehead atoms. The molecular formula is C12H19N5O2. The molecule has 0 saturated heterocycles. The van der Waals surface area contributed by atoms with Gasteiger partial charge in [0.2, 0.25) is 5.91 Å². The third-order valence-corrected chi connectivity index (χ3v) is 2.61. The maximum absolute atomic E-state index is 12.1. The number of anilines is 1. The summed E-state index contributed by atoms with van der Waals surface area (Å²) in [4.78, 5) is 31.4. The second kappa shape index (κ2) is 5.21. The molecule has 0 aliphatic heterocycles.